The summed E-state index contributed by atoms with van der Waals surface area (Å²) in [6.07, 6.45) is 8.97. The van der Waals surface area contributed by atoms with Crippen molar-refractivity contribution in [3.05, 3.63) is 71.2 Å². The Balaban J connectivity index is 1.39. The number of hydrogen-bond acceptors (Lipinski definition) is 6. The molecule has 0 aliphatic heterocycles. The first-order valence-electron chi connectivity index (χ1n) is 11.3. The van der Waals surface area contributed by atoms with Crippen molar-refractivity contribution in [1.29, 1.82) is 5.26 Å². The predicted molar refractivity (Wildman–Crippen MR) is 131 cm³/mol. The molecule has 4 rings (SSSR count). The Morgan fingerprint density at radius 1 is 1.18 bits per heavy atom. The predicted octanol–water partition coefficient (Wildman–Crippen LogP) is 4.56. The van der Waals surface area contributed by atoms with Crippen molar-refractivity contribution in [2.24, 2.45) is 0 Å². The number of carbonyl (C=O) groups excluding carboxylic acids is 2. The van der Waals surface area contributed by atoms with E-state index in [9.17, 15) is 14.9 Å². The van der Waals surface area contributed by atoms with Crippen LogP contribution in [0.15, 0.2) is 60.1 Å². The lowest BCUT2D eigenvalue weighted by molar-refractivity contribution is -0.144. The number of hydrogen-bond donors (Lipinski definition) is 1. The van der Waals surface area contributed by atoms with Crippen molar-refractivity contribution in [2.45, 2.75) is 44.2 Å². The second kappa shape index (κ2) is 10.9. The number of ether oxygens (including phenoxy) is 1. The van der Waals surface area contributed by atoms with Crippen molar-refractivity contribution < 1.29 is 14.3 Å². The minimum atomic E-state index is -0.847. The highest BCUT2D eigenvalue weighted by Gasteiger charge is 2.33. The molecule has 1 aromatic carbocycles. The molecule has 8 heteroatoms. The molecule has 1 fully saturated rings. The topological polar surface area (TPSA) is 97.0 Å². The van der Waals surface area contributed by atoms with Gasteiger partial charge >= 0.3 is 5.97 Å². The summed E-state index contributed by atoms with van der Waals surface area (Å²) in [6, 6.07) is 16.2. The third-order valence-corrected chi connectivity index (χ3v) is 6.65. The summed E-state index contributed by atoms with van der Waals surface area (Å²) in [5, 5.41) is 18.9. The highest BCUT2D eigenvalue weighted by atomic mass is 32.1. The zero-order valence-corrected chi connectivity index (χ0v) is 19.6. The molecule has 1 amide bonds. The van der Waals surface area contributed by atoms with Crippen LogP contribution in [0, 0.1) is 11.3 Å². The fourth-order valence-electron chi connectivity index (χ4n) is 4.08. The molecule has 1 aliphatic rings. The van der Waals surface area contributed by atoms with Gasteiger partial charge in [-0.05, 0) is 35.9 Å². The third kappa shape index (κ3) is 6.00. The second-order valence-electron chi connectivity index (χ2n) is 8.34. The van der Waals surface area contributed by atoms with Crippen LogP contribution in [0.25, 0.3) is 16.6 Å². The van der Waals surface area contributed by atoms with Crippen molar-refractivity contribution in [3.8, 4) is 16.6 Å². The summed E-state index contributed by atoms with van der Waals surface area (Å²) in [5.74, 6) is -1.09. The Hall–Kier alpha value is -3.70. The number of rotatable bonds is 8. The number of nitrogens with one attached hydrogen (secondary N) is 1. The normalized spacial score (nSPS) is 15.0. The average Bonchev–Trinajstić information content (AvgIpc) is 3.53. The Morgan fingerprint density at radius 2 is 1.97 bits per heavy atom. The molecule has 0 radical (unpaired) electrons. The molecule has 7 nitrogen and oxygen atoms in total. The zero-order chi connectivity index (χ0) is 23.8. The molecule has 0 atom stereocenters. The van der Waals surface area contributed by atoms with Crippen LogP contribution < -0.4 is 5.32 Å². The standard InChI is InChI=1S/C26H26N4O3S/c27-19-26(13-5-2-6-14-26)28-23(31)18-33-24(32)12-11-21-17-30(16-20-8-3-1-4-9-20)29-25(21)22-10-7-15-34-22/h1,3-4,7-12,15,17H,2,5-6,13-14,16,18H2,(H,28,31). The maximum absolute atomic E-state index is 12.3. The number of esters is 1. The first-order chi connectivity index (χ1) is 16.6. The monoisotopic (exact) mass is 474 g/mol. The van der Waals surface area contributed by atoms with E-state index in [0.29, 0.717) is 19.4 Å². The van der Waals surface area contributed by atoms with E-state index in [4.69, 9.17) is 9.84 Å². The third-order valence-electron chi connectivity index (χ3n) is 5.78. The van der Waals surface area contributed by atoms with Gasteiger partial charge in [-0.15, -0.1) is 11.3 Å². The molecule has 2 heterocycles. The zero-order valence-electron chi connectivity index (χ0n) is 18.8. The Kier molecular flexibility index (Phi) is 7.55. The molecule has 0 unspecified atom stereocenters. The van der Waals surface area contributed by atoms with Crippen LogP contribution in [0.5, 0.6) is 0 Å². The summed E-state index contributed by atoms with van der Waals surface area (Å²) in [5.41, 5.74) is 1.84. The molecule has 1 saturated carbocycles. The second-order valence-corrected chi connectivity index (χ2v) is 9.29. The number of nitrogens with zero attached hydrogens (tertiary/aromatic N) is 3. The van der Waals surface area contributed by atoms with E-state index in [1.807, 2.05) is 58.7 Å². The van der Waals surface area contributed by atoms with Gasteiger partial charge in [0.1, 0.15) is 11.2 Å². The summed E-state index contributed by atoms with van der Waals surface area (Å²) < 4.78 is 6.96. The quantitative estimate of drug-likeness (QED) is 0.381. The number of benzene rings is 1. The van der Waals surface area contributed by atoms with E-state index >= 15 is 0 Å². The van der Waals surface area contributed by atoms with Gasteiger partial charge in [-0.3, -0.25) is 9.48 Å². The molecular formula is C26H26N4O3S. The summed E-state index contributed by atoms with van der Waals surface area (Å²) in [7, 11) is 0. The minimum absolute atomic E-state index is 0.419. The fourth-order valence-corrected chi connectivity index (χ4v) is 4.81. The van der Waals surface area contributed by atoms with Crippen LogP contribution in [0.1, 0.15) is 43.2 Å². The van der Waals surface area contributed by atoms with Gasteiger partial charge in [-0.2, -0.15) is 10.4 Å². The first-order valence-corrected chi connectivity index (χ1v) is 12.2. The van der Waals surface area contributed by atoms with Gasteiger partial charge < -0.3 is 10.1 Å². The van der Waals surface area contributed by atoms with E-state index in [0.717, 1.165) is 41.0 Å². The van der Waals surface area contributed by atoms with Crippen molar-refractivity contribution >= 4 is 29.3 Å². The number of nitriles is 1. The van der Waals surface area contributed by atoms with Gasteiger partial charge in [0.15, 0.2) is 6.61 Å². The molecule has 2 aromatic heterocycles. The van der Waals surface area contributed by atoms with Crippen molar-refractivity contribution in [3.63, 3.8) is 0 Å². The van der Waals surface area contributed by atoms with Crippen LogP contribution in [0.3, 0.4) is 0 Å². The number of carbonyl (C=O) groups is 2. The van der Waals surface area contributed by atoms with Gasteiger partial charge in [-0.25, -0.2) is 4.79 Å². The van der Waals surface area contributed by atoms with Gasteiger partial charge in [-0.1, -0.05) is 55.7 Å². The van der Waals surface area contributed by atoms with Gasteiger partial charge in [0, 0.05) is 17.8 Å². The highest BCUT2D eigenvalue weighted by molar-refractivity contribution is 7.13. The molecular weight excluding hydrogens is 448 g/mol. The lowest BCUT2D eigenvalue weighted by Crippen LogP contribution is -2.49. The highest BCUT2D eigenvalue weighted by Crippen LogP contribution is 2.28. The molecule has 1 N–H and O–H groups in total. The Bertz CT molecular complexity index is 1190. The first kappa shape index (κ1) is 23.5. The van der Waals surface area contributed by atoms with Crippen molar-refractivity contribution in [2.75, 3.05) is 6.61 Å². The van der Waals surface area contributed by atoms with Crippen LogP contribution in [-0.4, -0.2) is 33.8 Å². The number of aromatic nitrogens is 2. The van der Waals surface area contributed by atoms with E-state index in [-0.39, 0.29) is 0 Å². The van der Waals surface area contributed by atoms with Gasteiger partial charge in [0.05, 0.1) is 17.5 Å². The molecule has 1 aliphatic carbocycles. The van der Waals surface area contributed by atoms with Gasteiger partial charge in [0.2, 0.25) is 0 Å². The Labute approximate surface area is 202 Å². The maximum atomic E-state index is 12.3. The van der Waals surface area contributed by atoms with Crippen LogP contribution in [0.2, 0.25) is 0 Å². The lowest BCUT2D eigenvalue weighted by atomic mass is 9.83. The van der Waals surface area contributed by atoms with E-state index in [1.165, 1.54) is 6.08 Å². The summed E-state index contributed by atoms with van der Waals surface area (Å²) in [6.45, 7) is 0.190. The van der Waals surface area contributed by atoms with Gasteiger partial charge in [0.25, 0.3) is 5.91 Å². The van der Waals surface area contributed by atoms with Crippen LogP contribution in [-0.2, 0) is 20.9 Å². The molecule has 34 heavy (non-hydrogen) atoms. The van der Waals surface area contributed by atoms with E-state index < -0.39 is 24.0 Å². The average molecular weight is 475 g/mol. The number of amides is 1. The summed E-state index contributed by atoms with van der Waals surface area (Å²) >= 11 is 1.57. The molecule has 3 aromatic rings. The van der Waals surface area contributed by atoms with Crippen LogP contribution >= 0.6 is 11.3 Å². The molecule has 0 spiro atoms. The SMILES string of the molecule is N#CC1(NC(=O)COC(=O)C=Cc2cn(Cc3ccccc3)nc2-c2cccs2)CCCCC1. The van der Waals surface area contributed by atoms with Crippen molar-refractivity contribution in [1.82, 2.24) is 15.1 Å². The van der Waals surface area contributed by atoms with E-state index in [1.54, 1.807) is 17.4 Å². The van der Waals surface area contributed by atoms with Crippen LogP contribution in [0.4, 0.5) is 0 Å². The minimum Gasteiger partial charge on any atom is -0.452 e. The Morgan fingerprint density at radius 3 is 2.68 bits per heavy atom. The molecule has 0 bridgehead atoms. The smallest absolute Gasteiger partial charge is 0.331 e. The fraction of sp³-hybridized carbons (Fsp3) is 0.308. The summed E-state index contributed by atoms with van der Waals surface area (Å²) in [4.78, 5) is 25.5. The van der Waals surface area contributed by atoms with E-state index in [2.05, 4.69) is 11.4 Å². The molecule has 174 valence electrons. The largest absolute Gasteiger partial charge is 0.452 e. The number of thiophene rings is 1. The lowest BCUT2D eigenvalue weighted by Gasteiger charge is -2.31. The molecule has 0 saturated heterocycles. The maximum Gasteiger partial charge on any atom is 0.331 e.